The normalized spacial score (nSPS) is 28.2. The van der Waals surface area contributed by atoms with Crippen molar-refractivity contribution in [1.82, 2.24) is 0 Å². The van der Waals surface area contributed by atoms with E-state index in [9.17, 15) is 4.79 Å². The van der Waals surface area contributed by atoms with E-state index in [1.54, 1.807) is 13.4 Å². The lowest BCUT2D eigenvalue weighted by molar-refractivity contribution is -0.149. The van der Waals surface area contributed by atoms with Gasteiger partial charge in [0.1, 0.15) is 0 Å². The maximum Gasteiger partial charge on any atom is 0.308 e. The fourth-order valence-corrected chi connectivity index (χ4v) is 1.37. The van der Waals surface area contributed by atoms with Crippen LogP contribution in [-0.4, -0.2) is 20.2 Å². The molecule has 0 saturated heterocycles. The summed E-state index contributed by atoms with van der Waals surface area (Å²) in [7, 11) is 3.05. The zero-order chi connectivity index (χ0) is 8.97. The van der Waals surface area contributed by atoms with Crippen LogP contribution in [0.5, 0.6) is 0 Å². The van der Waals surface area contributed by atoms with Crippen LogP contribution in [0.25, 0.3) is 0 Å². The summed E-state index contributed by atoms with van der Waals surface area (Å²) in [5, 5.41) is 0. The molecule has 0 aromatic heterocycles. The second-order valence-electron chi connectivity index (χ2n) is 3.02. The molecule has 1 fully saturated rings. The zero-order valence-electron chi connectivity index (χ0n) is 7.45. The molecule has 68 valence electrons. The number of ether oxygens (including phenoxy) is 2. The molecule has 1 aliphatic carbocycles. The largest absolute Gasteiger partial charge is 0.505 e. The van der Waals surface area contributed by atoms with Crippen molar-refractivity contribution in [1.29, 1.82) is 0 Å². The van der Waals surface area contributed by atoms with Crippen LogP contribution in [0, 0.1) is 11.8 Å². The molecule has 0 amide bonds. The highest BCUT2D eigenvalue weighted by Gasteiger charge is 2.33. The van der Waals surface area contributed by atoms with Gasteiger partial charge in [0.05, 0.1) is 26.4 Å². The minimum absolute atomic E-state index is 0.0860. The number of hydrogen-bond donors (Lipinski definition) is 0. The highest BCUT2D eigenvalue weighted by molar-refractivity contribution is 5.73. The first-order chi connectivity index (χ1) is 5.77. The lowest BCUT2D eigenvalue weighted by Crippen LogP contribution is -2.30. The number of allylic oxidation sites excluding steroid dienone is 1. The van der Waals surface area contributed by atoms with Crippen LogP contribution in [0.2, 0.25) is 0 Å². The molecule has 3 nitrogen and oxygen atoms in total. The zero-order valence-corrected chi connectivity index (χ0v) is 7.45. The van der Waals surface area contributed by atoms with E-state index >= 15 is 0 Å². The summed E-state index contributed by atoms with van der Waals surface area (Å²) >= 11 is 0. The van der Waals surface area contributed by atoms with Gasteiger partial charge in [-0.05, 0) is 24.8 Å². The van der Waals surface area contributed by atoms with Gasteiger partial charge in [0.2, 0.25) is 0 Å². The molecular formula is C9H14O3. The average Bonchev–Trinajstić information content (AvgIpc) is 2.01. The number of esters is 1. The average molecular weight is 170 g/mol. The molecule has 0 spiro atoms. The first-order valence-electron chi connectivity index (χ1n) is 4.05. The highest BCUT2D eigenvalue weighted by atomic mass is 16.5. The smallest absolute Gasteiger partial charge is 0.308 e. The molecule has 0 atom stereocenters. The Morgan fingerprint density at radius 2 is 2.08 bits per heavy atom. The number of hydrogen-bond acceptors (Lipinski definition) is 3. The van der Waals surface area contributed by atoms with E-state index in [0.29, 0.717) is 5.92 Å². The van der Waals surface area contributed by atoms with Crippen LogP contribution in [0.1, 0.15) is 12.8 Å². The van der Waals surface area contributed by atoms with Crippen molar-refractivity contribution in [2.45, 2.75) is 12.8 Å². The molecule has 0 N–H and O–H groups in total. The summed E-state index contributed by atoms with van der Waals surface area (Å²) in [6, 6.07) is 0. The van der Waals surface area contributed by atoms with E-state index in [0.717, 1.165) is 12.8 Å². The Labute approximate surface area is 72.4 Å². The van der Waals surface area contributed by atoms with Crippen LogP contribution in [0.4, 0.5) is 0 Å². The quantitative estimate of drug-likeness (QED) is 0.473. The molecule has 1 rings (SSSR count). The molecular weight excluding hydrogens is 156 g/mol. The third-order valence-corrected chi connectivity index (χ3v) is 2.20. The lowest BCUT2D eigenvalue weighted by atomic mass is 9.75. The number of methoxy groups -OCH3 is 2. The van der Waals surface area contributed by atoms with Gasteiger partial charge in [-0.3, -0.25) is 4.79 Å². The van der Waals surface area contributed by atoms with Crippen molar-refractivity contribution < 1.29 is 14.3 Å². The Morgan fingerprint density at radius 1 is 1.42 bits per heavy atom. The van der Waals surface area contributed by atoms with Crippen molar-refractivity contribution in [3.05, 3.63) is 12.3 Å². The summed E-state index contributed by atoms with van der Waals surface area (Å²) in [6.07, 6.45) is 5.44. The maximum atomic E-state index is 10.9. The summed E-state index contributed by atoms with van der Waals surface area (Å²) in [5.41, 5.74) is 0. The van der Waals surface area contributed by atoms with Gasteiger partial charge in [-0.2, -0.15) is 0 Å². The van der Waals surface area contributed by atoms with Gasteiger partial charge in [-0.25, -0.2) is 0 Å². The maximum absolute atomic E-state index is 10.9. The molecule has 0 radical (unpaired) electrons. The topological polar surface area (TPSA) is 35.5 Å². The summed E-state index contributed by atoms with van der Waals surface area (Å²) in [6.45, 7) is 0. The fourth-order valence-electron chi connectivity index (χ4n) is 1.37. The van der Waals surface area contributed by atoms with Crippen LogP contribution in [0.3, 0.4) is 0 Å². The molecule has 0 bridgehead atoms. The van der Waals surface area contributed by atoms with Crippen molar-refractivity contribution in [2.75, 3.05) is 14.2 Å². The van der Waals surface area contributed by atoms with Crippen LogP contribution >= 0.6 is 0 Å². The van der Waals surface area contributed by atoms with Crippen molar-refractivity contribution in [3.63, 3.8) is 0 Å². The second kappa shape index (κ2) is 4.14. The Balaban J connectivity index is 2.19. The minimum Gasteiger partial charge on any atom is -0.505 e. The molecule has 0 unspecified atom stereocenters. The van der Waals surface area contributed by atoms with E-state index < -0.39 is 0 Å². The SMILES string of the molecule is CO/C=C/C1CC(C(=O)OC)C1. The Hall–Kier alpha value is -0.990. The van der Waals surface area contributed by atoms with Gasteiger partial charge >= 0.3 is 5.97 Å². The van der Waals surface area contributed by atoms with Crippen molar-refractivity contribution in [2.24, 2.45) is 11.8 Å². The molecule has 0 aromatic rings. The standard InChI is InChI=1S/C9H14O3/c1-11-4-3-7-5-8(6-7)9(10)12-2/h3-4,7-8H,5-6H2,1-2H3/b4-3+. The third kappa shape index (κ3) is 2.00. The van der Waals surface area contributed by atoms with E-state index in [2.05, 4.69) is 4.74 Å². The summed E-state index contributed by atoms with van der Waals surface area (Å²) < 4.78 is 9.39. The molecule has 3 heteroatoms. The predicted octanol–water partition coefficient (Wildman–Crippen LogP) is 1.35. The first kappa shape index (κ1) is 9.10. The molecule has 0 aromatic carbocycles. The molecule has 1 saturated carbocycles. The van der Waals surface area contributed by atoms with Gasteiger partial charge in [-0.15, -0.1) is 0 Å². The van der Waals surface area contributed by atoms with Gasteiger partial charge in [0.25, 0.3) is 0 Å². The van der Waals surface area contributed by atoms with E-state index in [1.807, 2.05) is 6.08 Å². The van der Waals surface area contributed by atoms with Crippen molar-refractivity contribution >= 4 is 5.97 Å². The van der Waals surface area contributed by atoms with E-state index in [-0.39, 0.29) is 11.9 Å². The Kier molecular flexibility index (Phi) is 3.14. The Morgan fingerprint density at radius 3 is 2.58 bits per heavy atom. The minimum atomic E-state index is -0.0860. The summed E-state index contributed by atoms with van der Waals surface area (Å²) in [4.78, 5) is 10.9. The van der Waals surface area contributed by atoms with Crippen LogP contribution < -0.4 is 0 Å². The summed E-state index contributed by atoms with van der Waals surface area (Å²) in [5.74, 6) is 0.521. The number of carbonyl (C=O) groups is 1. The molecule has 12 heavy (non-hydrogen) atoms. The van der Waals surface area contributed by atoms with Gasteiger partial charge < -0.3 is 9.47 Å². The monoisotopic (exact) mass is 170 g/mol. The van der Waals surface area contributed by atoms with Gasteiger partial charge in [-0.1, -0.05) is 0 Å². The molecule has 1 aliphatic rings. The second-order valence-corrected chi connectivity index (χ2v) is 3.02. The van der Waals surface area contributed by atoms with Gasteiger partial charge in [0, 0.05) is 0 Å². The molecule has 0 aliphatic heterocycles. The molecule has 0 heterocycles. The van der Waals surface area contributed by atoms with E-state index in [4.69, 9.17) is 4.74 Å². The Bertz CT molecular complexity index is 180. The fraction of sp³-hybridized carbons (Fsp3) is 0.667. The first-order valence-corrected chi connectivity index (χ1v) is 4.05. The van der Waals surface area contributed by atoms with Gasteiger partial charge in [0.15, 0.2) is 0 Å². The van der Waals surface area contributed by atoms with Crippen LogP contribution in [-0.2, 0) is 14.3 Å². The highest BCUT2D eigenvalue weighted by Crippen LogP contribution is 2.35. The predicted molar refractivity (Wildman–Crippen MR) is 44.4 cm³/mol. The lowest BCUT2D eigenvalue weighted by Gasteiger charge is -2.30. The van der Waals surface area contributed by atoms with Crippen LogP contribution in [0.15, 0.2) is 12.3 Å². The number of carbonyl (C=O) groups excluding carboxylic acids is 1. The number of rotatable bonds is 3. The van der Waals surface area contributed by atoms with Crippen molar-refractivity contribution in [3.8, 4) is 0 Å². The van der Waals surface area contributed by atoms with E-state index in [1.165, 1.54) is 7.11 Å². The third-order valence-electron chi connectivity index (χ3n) is 2.20.